The second-order valence-electron chi connectivity index (χ2n) is 3.73. The number of hydrogen-bond acceptors (Lipinski definition) is 2. The molecule has 1 saturated heterocycles. The molecule has 0 aliphatic carbocycles. The average molecular weight is 249 g/mol. The van der Waals surface area contributed by atoms with Crippen LogP contribution in [0.4, 0.5) is 0 Å². The molecule has 0 aromatic heterocycles. The molecule has 0 spiro atoms. The van der Waals surface area contributed by atoms with Crippen LogP contribution < -0.4 is 0 Å². The molecule has 1 fully saturated rings. The molecule has 13 heavy (non-hydrogen) atoms. The van der Waals surface area contributed by atoms with E-state index in [1.807, 2.05) is 6.92 Å². The van der Waals surface area contributed by atoms with Gasteiger partial charge in [-0.25, -0.2) is 0 Å². The first kappa shape index (κ1) is 11.0. The molecule has 2 nitrogen and oxygen atoms in total. The van der Waals surface area contributed by atoms with Crippen molar-refractivity contribution in [2.75, 3.05) is 0 Å². The SMILES string of the molecule is CCCCC1C[C@H]([C@@H](C)Br)OC1=O. The molecule has 1 rings (SSSR count). The van der Waals surface area contributed by atoms with Gasteiger partial charge in [0.1, 0.15) is 6.10 Å². The maximum Gasteiger partial charge on any atom is 0.309 e. The summed E-state index contributed by atoms with van der Waals surface area (Å²) in [4.78, 5) is 11.6. The Bertz CT molecular complexity index is 180. The molecule has 3 atom stereocenters. The van der Waals surface area contributed by atoms with Crippen molar-refractivity contribution in [3.8, 4) is 0 Å². The summed E-state index contributed by atoms with van der Waals surface area (Å²) in [6, 6.07) is 0. The van der Waals surface area contributed by atoms with Crippen molar-refractivity contribution in [1.82, 2.24) is 0 Å². The van der Waals surface area contributed by atoms with Gasteiger partial charge in [-0.3, -0.25) is 4.79 Å². The molecule has 0 aromatic carbocycles. The summed E-state index contributed by atoms with van der Waals surface area (Å²) in [5.41, 5.74) is 0. The third-order valence-corrected chi connectivity index (χ3v) is 3.13. The Morgan fingerprint density at radius 2 is 2.38 bits per heavy atom. The lowest BCUT2D eigenvalue weighted by Crippen LogP contribution is -2.16. The zero-order valence-electron chi connectivity index (χ0n) is 8.25. The lowest BCUT2D eigenvalue weighted by atomic mass is 9.98. The van der Waals surface area contributed by atoms with Gasteiger partial charge in [0.2, 0.25) is 0 Å². The van der Waals surface area contributed by atoms with E-state index in [0.717, 1.165) is 25.7 Å². The van der Waals surface area contributed by atoms with Crippen molar-refractivity contribution in [3.63, 3.8) is 0 Å². The zero-order valence-corrected chi connectivity index (χ0v) is 9.84. The summed E-state index contributed by atoms with van der Waals surface area (Å²) in [5.74, 6) is 0.162. The van der Waals surface area contributed by atoms with E-state index in [9.17, 15) is 4.79 Å². The minimum absolute atomic E-state index is 0.00440. The summed E-state index contributed by atoms with van der Waals surface area (Å²) in [7, 11) is 0. The van der Waals surface area contributed by atoms with E-state index in [0.29, 0.717) is 0 Å². The molecule has 0 N–H and O–H groups in total. The standard InChI is InChI=1S/C10H17BrO2/c1-3-4-5-8-6-9(7(2)11)13-10(8)12/h7-9H,3-6H2,1-2H3/t7-,8?,9-/m1/s1. The summed E-state index contributed by atoms with van der Waals surface area (Å²) >= 11 is 3.45. The van der Waals surface area contributed by atoms with E-state index in [4.69, 9.17) is 4.74 Å². The van der Waals surface area contributed by atoms with Crippen molar-refractivity contribution in [2.24, 2.45) is 5.92 Å². The predicted molar refractivity (Wildman–Crippen MR) is 55.9 cm³/mol. The number of hydrogen-bond donors (Lipinski definition) is 0. The van der Waals surface area contributed by atoms with Crippen LogP contribution in [0, 0.1) is 5.92 Å². The number of carbonyl (C=O) groups is 1. The first-order valence-corrected chi connectivity index (χ1v) is 5.91. The second-order valence-corrected chi connectivity index (χ2v) is 5.17. The Morgan fingerprint density at radius 1 is 1.69 bits per heavy atom. The van der Waals surface area contributed by atoms with Gasteiger partial charge < -0.3 is 4.74 Å². The van der Waals surface area contributed by atoms with Crippen LogP contribution in [0.5, 0.6) is 0 Å². The molecular weight excluding hydrogens is 232 g/mol. The van der Waals surface area contributed by atoms with Gasteiger partial charge in [0.05, 0.1) is 5.92 Å². The van der Waals surface area contributed by atoms with Gasteiger partial charge in [-0.05, 0) is 19.8 Å². The summed E-state index contributed by atoms with van der Waals surface area (Å²) in [6.45, 7) is 4.17. The summed E-state index contributed by atoms with van der Waals surface area (Å²) < 4.78 is 5.25. The van der Waals surface area contributed by atoms with Crippen molar-refractivity contribution in [3.05, 3.63) is 0 Å². The smallest absolute Gasteiger partial charge is 0.309 e. The fraction of sp³-hybridized carbons (Fsp3) is 0.900. The molecule has 0 radical (unpaired) electrons. The van der Waals surface area contributed by atoms with Crippen LogP contribution >= 0.6 is 15.9 Å². The van der Waals surface area contributed by atoms with Crippen molar-refractivity contribution in [2.45, 2.75) is 50.5 Å². The average Bonchev–Trinajstić information content (AvgIpc) is 2.44. The van der Waals surface area contributed by atoms with Gasteiger partial charge in [0.25, 0.3) is 0 Å². The molecule has 1 aliphatic heterocycles. The van der Waals surface area contributed by atoms with E-state index < -0.39 is 0 Å². The Hall–Kier alpha value is -0.0500. The van der Waals surface area contributed by atoms with Crippen LogP contribution in [0.3, 0.4) is 0 Å². The number of esters is 1. The van der Waals surface area contributed by atoms with Gasteiger partial charge in [0.15, 0.2) is 0 Å². The highest BCUT2D eigenvalue weighted by atomic mass is 79.9. The van der Waals surface area contributed by atoms with Crippen LogP contribution in [-0.4, -0.2) is 16.9 Å². The number of cyclic esters (lactones) is 1. The van der Waals surface area contributed by atoms with Gasteiger partial charge >= 0.3 is 5.97 Å². The Kier molecular flexibility index (Phi) is 4.23. The highest BCUT2D eigenvalue weighted by Gasteiger charge is 2.35. The Labute approximate surface area is 88.2 Å². The normalized spacial score (nSPS) is 30.2. The third-order valence-electron chi connectivity index (χ3n) is 2.54. The van der Waals surface area contributed by atoms with Crippen LogP contribution in [0.2, 0.25) is 0 Å². The zero-order chi connectivity index (χ0) is 9.84. The third kappa shape index (κ3) is 2.97. The van der Waals surface area contributed by atoms with Crippen molar-refractivity contribution < 1.29 is 9.53 Å². The number of halogens is 1. The van der Waals surface area contributed by atoms with E-state index in [2.05, 4.69) is 22.9 Å². The second kappa shape index (κ2) is 4.99. The molecule has 3 heteroatoms. The molecule has 1 unspecified atom stereocenters. The molecule has 0 amide bonds. The van der Waals surface area contributed by atoms with Crippen LogP contribution in [0.15, 0.2) is 0 Å². The topological polar surface area (TPSA) is 26.3 Å². The number of rotatable bonds is 4. The van der Waals surface area contributed by atoms with Gasteiger partial charge in [-0.1, -0.05) is 35.7 Å². The van der Waals surface area contributed by atoms with Crippen LogP contribution in [0.25, 0.3) is 0 Å². The number of ether oxygens (including phenoxy) is 1. The number of unbranched alkanes of at least 4 members (excludes halogenated alkanes) is 1. The molecule has 76 valence electrons. The van der Waals surface area contributed by atoms with E-state index in [1.165, 1.54) is 0 Å². The Morgan fingerprint density at radius 3 is 2.85 bits per heavy atom. The fourth-order valence-corrected chi connectivity index (χ4v) is 1.96. The maximum absolute atomic E-state index is 11.4. The van der Waals surface area contributed by atoms with E-state index >= 15 is 0 Å². The molecule has 0 aromatic rings. The monoisotopic (exact) mass is 248 g/mol. The highest BCUT2D eigenvalue weighted by Crippen LogP contribution is 2.29. The molecule has 1 heterocycles. The largest absolute Gasteiger partial charge is 0.461 e. The maximum atomic E-state index is 11.4. The van der Waals surface area contributed by atoms with E-state index in [-0.39, 0.29) is 22.8 Å². The van der Waals surface area contributed by atoms with Gasteiger partial charge in [-0.2, -0.15) is 0 Å². The quantitative estimate of drug-likeness (QED) is 0.565. The van der Waals surface area contributed by atoms with E-state index in [1.54, 1.807) is 0 Å². The first-order chi connectivity index (χ1) is 6.15. The minimum Gasteiger partial charge on any atom is -0.461 e. The lowest BCUT2D eigenvalue weighted by molar-refractivity contribution is -0.144. The minimum atomic E-state index is 0.00440. The summed E-state index contributed by atoms with van der Waals surface area (Å²) in [5, 5.41) is 0. The van der Waals surface area contributed by atoms with Crippen LogP contribution in [0.1, 0.15) is 39.5 Å². The number of carbonyl (C=O) groups excluding carboxylic acids is 1. The molecule has 1 aliphatic rings. The number of alkyl halides is 1. The van der Waals surface area contributed by atoms with Crippen molar-refractivity contribution >= 4 is 21.9 Å². The van der Waals surface area contributed by atoms with Crippen LogP contribution in [-0.2, 0) is 9.53 Å². The predicted octanol–water partition coefficient (Wildman–Crippen LogP) is 2.89. The lowest BCUT2D eigenvalue weighted by Gasteiger charge is -2.10. The highest BCUT2D eigenvalue weighted by molar-refractivity contribution is 9.09. The Balaban J connectivity index is 2.37. The molecular formula is C10H17BrO2. The fourth-order valence-electron chi connectivity index (χ4n) is 1.64. The summed E-state index contributed by atoms with van der Waals surface area (Å²) in [6.07, 6.45) is 4.26. The van der Waals surface area contributed by atoms with Gasteiger partial charge in [-0.15, -0.1) is 0 Å². The van der Waals surface area contributed by atoms with Crippen molar-refractivity contribution in [1.29, 1.82) is 0 Å². The first-order valence-electron chi connectivity index (χ1n) is 4.99. The molecule has 0 bridgehead atoms. The molecule has 0 saturated carbocycles. The van der Waals surface area contributed by atoms with Gasteiger partial charge in [0, 0.05) is 4.83 Å².